The predicted octanol–water partition coefficient (Wildman–Crippen LogP) is 1.64. The van der Waals surface area contributed by atoms with Crippen molar-refractivity contribution in [3.8, 4) is 0 Å². The number of hydrogen-bond donors (Lipinski definition) is 1. The van der Waals surface area contributed by atoms with E-state index in [1.807, 2.05) is 0 Å². The Labute approximate surface area is 133 Å². The lowest BCUT2D eigenvalue weighted by Crippen LogP contribution is -2.30. The van der Waals surface area contributed by atoms with E-state index in [0.717, 1.165) is 18.4 Å². The fraction of sp³-hybridized carbons (Fsp3) is 0.500. The van der Waals surface area contributed by atoms with Gasteiger partial charge in [0.2, 0.25) is 10.0 Å². The lowest BCUT2D eigenvalue weighted by atomic mass is 10.2. The third-order valence-corrected chi connectivity index (χ3v) is 5.11. The maximum atomic E-state index is 13.8. The Morgan fingerprint density at radius 2 is 2.17 bits per heavy atom. The van der Waals surface area contributed by atoms with Crippen LogP contribution in [0.5, 0.6) is 0 Å². The first-order valence-electron chi connectivity index (χ1n) is 7.38. The van der Waals surface area contributed by atoms with Crippen LogP contribution >= 0.6 is 0 Å². The molecule has 1 heterocycles. The van der Waals surface area contributed by atoms with Crippen molar-refractivity contribution < 1.29 is 12.8 Å². The third-order valence-electron chi connectivity index (χ3n) is 3.71. The molecule has 1 aliphatic carbocycles. The Hall–Kier alpha value is -1.87. The van der Waals surface area contributed by atoms with Crippen LogP contribution < -0.4 is 4.72 Å². The van der Waals surface area contributed by atoms with Crippen LogP contribution in [0.25, 0.3) is 0 Å². The number of sulfonamides is 1. The number of rotatable bonds is 6. The van der Waals surface area contributed by atoms with E-state index in [2.05, 4.69) is 20.2 Å². The van der Waals surface area contributed by atoms with Gasteiger partial charge in [-0.25, -0.2) is 22.2 Å². The molecule has 3 rings (SSSR count). The zero-order chi connectivity index (χ0) is 16.6. The Kier molecular flexibility index (Phi) is 4.15. The minimum absolute atomic E-state index is 0.136. The van der Waals surface area contributed by atoms with Gasteiger partial charge in [0, 0.05) is 5.56 Å². The van der Waals surface area contributed by atoms with Gasteiger partial charge in [-0.3, -0.25) is 0 Å². The molecule has 0 spiro atoms. The van der Waals surface area contributed by atoms with Gasteiger partial charge in [-0.1, -0.05) is 12.1 Å². The highest BCUT2D eigenvalue weighted by molar-refractivity contribution is 7.88. The maximum Gasteiger partial charge on any atom is 0.216 e. The molecule has 1 atom stereocenters. The Morgan fingerprint density at radius 1 is 1.43 bits per heavy atom. The number of benzene rings is 1. The van der Waals surface area contributed by atoms with Crippen LogP contribution in [0.3, 0.4) is 0 Å². The van der Waals surface area contributed by atoms with E-state index in [-0.39, 0.29) is 11.6 Å². The highest BCUT2D eigenvalue weighted by atomic mass is 32.2. The predicted molar refractivity (Wildman–Crippen MR) is 81.4 cm³/mol. The zero-order valence-corrected chi connectivity index (χ0v) is 13.7. The van der Waals surface area contributed by atoms with Gasteiger partial charge >= 0.3 is 0 Å². The lowest BCUT2D eigenvalue weighted by molar-refractivity contribution is 0.521. The van der Waals surface area contributed by atoms with E-state index in [9.17, 15) is 12.8 Å². The maximum absolute atomic E-state index is 13.8. The Morgan fingerprint density at radius 3 is 2.83 bits per heavy atom. The second-order valence-corrected chi connectivity index (χ2v) is 7.66. The molecule has 0 radical (unpaired) electrons. The van der Waals surface area contributed by atoms with Crippen LogP contribution in [0.1, 0.15) is 48.8 Å². The molecular formula is C14H18FN5O2S. The summed E-state index contributed by atoms with van der Waals surface area (Å²) in [7, 11) is -3.72. The summed E-state index contributed by atoms with van der Waals surface area (Å²) in [4.78, 5) is 0. The number of aryl methyl sites for hydroxylation is 1. The molecular weight excluding hydrogens is 321 g/mol. The molecule has 9 heteroatoms. The summed E-state index contributed by atoms with van der Waals surface area (Å²) < 4.78 is 42.6. The summed E-state index contributed by atoms with van der Waals surface area (Å²) in [6.45, 7) is 3.42. The molecule has 23 heavy (non-hydrogen) atoms. The van der Waals surface area contributed by atoms with E-state index in [1.165, 1.54) is 12.1 Å². The van der Waals surface area contributed by atoms with Gasteiger partial charge in [0.15, 0.2) is 5.82 Å². The van der Waals surface area contributed by atoms with E-state index in [4.69, 9.17) is 0 Å². The van der Waals surface area contributed by atoms with Crippen molar-refractivity contribution >= 4 is 10.0 Å². The van der Waals surface area contributed by atoms with Crippen LogP contribution in [0.4, 0.5) is 4.39 Å². The minimum atomic E-state index is -3.72. The summed E-state index contributed by atoms with van der Waals surface area (Å²) in [6, 6.07) is 4.17. The number of nitrogens with one attached hydrogen (secondary N) is 1. The van der Waals surface area contributed by atoms with Crippen LogP contribution in [0.15, 0.2) is 18.2 Å². The number of hydrogen-bond acceptors (Lipinski definition) is 5. The molecule has 7 nitrogen and oxygen atoms in total. The first-order valence-corrected chi connectivity index (χ1v) is 9.04. The summed E-state index contributed by atoms with van der Waals surface area (Å²) in [5, 5.41) is 11.4. The van der Waals surface area contributed by atoms with E-state index >= 15 is 0 Å². The molecule has 0 bridgehead atoms. The monoisotopic (exact) mass is 339 g/mol. The van der Waals surface area contributed by atoms with Gasteiger partial charge in [0.05, 0.1) is 17.8 Å². The first-order chi connectivity index (χ1) is 10.9. The lowest BCUT2D eigenvalue weighted by Gasteiger charge is -2.14. The molecule has 124 valence electrons. The molecule has 0 aliphatic heterocycles. The molecule has 1 fully saturated rings. The molecule has 1 N–H and O–H groups in total. The first kappa shape index (κ1) is 16.0. The SMILES string of the molecule is Cc1ccc(CS(=O)(=O)NC(C)c2nnnn2C2CC2)c(F)c1. The van der Waals surface area contributed by atoms with Crippen molar-refractivity contribution in [2.45, 2.75) is 44.5 Å². The normalized spacial score (nSPS) is 16.5. The van der Waals surface area contributed by atoms with Crippen molar-refractivity contribution in [3.05, 3.63) is 41.0 Å². The van der Waals surface area contributed by atoms with E-state index in [1.54, 1.807) is 24.6 Å². The highest BCUT2D eigenvalue weighted by Crippen LogP contribution is 2.35. The van der Waals surface area contributed by atoms with Gasteiger partial charge in [-0.2, -0.15) is 0 Å². The topological polar surface area (TPSA) is 89.8 Å². The molecule has 1 unspecified atom stereocenters. The van der Waals surface area contributed by atoms with Crippen molar-refractivity contribution in [2.24, 2.45) is 0 Å². The summed E-state index contributed by atoms with van der Waals surface area (Å²) >= 11 is 0. The average molecular weight is 339 g/mol. The standard InChI is InChI=1S/C14H18FN5O2S/c1-9-3-4-11(13(15)7-9)8-23(21,22)17-10(2)14-16-18-19-20(14)12-5-6-12/h3-4,7,10,12,17H,5-6,8H2,1-2H3. The van der Waals surface area contributed by atoms with Crippen molar-refractivity contribution in [1.82, 2.24) is 24.9 Å². The molecule has 1 aliphatic rings. The molecule has 0 amide bonds. The van der Waals surface area contributed by atoms with Gasteiger partial charge in [-0.05, 0) is 48.7 Å². The van der Waals surface area contributed by atoms with Crippen LogP contribution in [-0.4, -0.2) is 28.6 Å². The van der Waals surface area contributed by atoms with Crippen LogP contribution in [0, 0.1) is 12.7 Å². The fourth-order valence-corrected chi connectivity index (χ4v) is 3.77. The Balaban J connectivity index is 1.73. The van der Waals surface area contributed by atoms with Crippen LogP contribution in [0.2, 0.25) is 0 Å². The molecule has 2 aromatic rings. The van der Waals surface area contributed by atoms with Gasteiger partial charge in [0.25, 0.3) is 0 Å². The second-order valence-electron chi connectivity index (χ2n) is 5.91. The highest BCUT2D eigenvalue weighted by Gasteiger charge is 2.30. The number of tetrazole rings is 1. The van der Waals surface area contributed by atoms with Gasteiger partial charge in [-0.15, -0.1) is 5.10 Å². The molecule has 1 aromatic carbocycles. The number of aromatic nitrogens is 4. The average Bonchev–Trinajstić information content (AvgIpc) is 3.18. The van der Waals surface area contributed by atoms with Gasteiger partial charge < -0.3 is 0 Å². The zero-order valence-electron chi connectivity index (χ0n) is 12.9. The minimum Gasteiger partial charge on any atom is -0.225 e. The Bertz CT molecular complexity index is 816. The number of halogens is 1. The third kappa shape index (κ3) is 3.73. The van der Waals surface area contributed by atoms with Crippen molar-refractivity contribution in [2.75, 3.05) is 0 Å². The van der Waals surface area contributed by atoms with E-state index in [0.29, 0.717) is 5.82 Å². The van der Waals surface area contributed by atoms with Crippen molar-refractivity contribution in [3.63, 3.8) is 0 Å². The van der Waals surface area contributed by atoms with E-state index < -0.39 is 27.6 Å². The van der Waals surface area contributed by atoms with Crippen LogP contribution in [-0.2, 0) is 15.8 Å². The smallest absolute Gasteiger partial charge is 0.216 e. The summed E-state index contributed by atoms with van der Waals surface area (Å²) in [5.74, 6) is -0.472. The summed E-state index contributed by atoms with van der Waals surface area (Å²) in [6.07, 6.45) is 1.98. The summed E-state index contributed by atoms with van der Waals surface area (Å²) in [5.41, 5.74) is 0.880. The van der Waals surface area contributed by atoms with Gasteiger partial charge in [0.1, 0.15) is 5.82 Å². The molecule has 1 aromatic heterocycles. The molecule has 0 saturated heterocycles. The largest absolute Gasteiger partial charge is 0.225 e. The van der Waals surface area contributed by atoms with Crippen molar-refractivity contribution in [1.29, 1.82) is 0 Å². The second kappa shape index (κ2) is 5.97. The molecule has 1 saturated carbocycles. The fourth-order valence-electron chi connectivity index (χ4n) is 2.40. The quantitative estimate of drug-likeness (QED) is 0.864. The number of nitrogens with zero attached hydrogens (tertiary/aromatic N) is 4.